The van der Waals surface area contributed by atoms with Gasteiger partial charge in [-0.2, -0.15) is 0 Å². The van der Waals surface area contributed by atoms with Crippen LogP contribution >= 0.6 is 0 Å². The van der Waals surface area contributed by atoms with E-state index in [0.29, 0.717) is 45.8 Å². The number of fused-ring (bicyclic) bond motifs is 2. The molecule has 6 rings (SSSR count). The molecular formula is C32H21NO8. The van der Waals surface area contributed by atoms with E-state index < -0.39 is 10.9 Å². The standard InChI is InChI=1S/C32H21NO8/c1-2-38-22-13-15-26-25(17-22)29(31(41-26)20-6-4-3-5-7-20)32(35)39-23-12-14-24-27(18-23)40-28(30(24)34)16-19-8-10-21(11-9-19)33(36)37/h3-18H,2H2,1H3/b28-16-. The lowest BCUT2D eigenvalue weighted by atomic mass is 10.1. The number of furan rings is 1. The van der Waals surface area contributed by atoms with E-state index >= 15 is 0 Å². The van der Waals surface area contributed by atoms with Gasteiger partial charge in [-0.1, -0.05) is 30.3 Å². The molecule has 1 aliphatic rings. The Morgan fingerprint density at radius 3 is 2.44 bits per heavy atom. The van der Waals surface area contributed by atoms with Gasteiger partial charge in [-0.05, 0) is 61.0 Å². The molecule has 0 spiro atoms. The molecule has 4 aromatic carbocycles. The van der Waals surface area contributed by atoms with E-state index in [-0.39, 0.29) is 34.3 Å². The Hall–Kier alpha value is -5.70. The van der Waals surface area contributed by atoms with Crippen molar-refractivity contribution in [2.75, 3.05) is 6.61 Å². The molecule has 0 bridgehead atoms. The fraction of sp³-hybridized carbons (Fsp3) is 0.0625. The van der Waals surface area contributed by atoms with Crippen LogP contribution in [0.2, 0.25) is 0 Å². The van der Waals surface area contributed by atoms with Gasteiger partial charge in [0.2, 0.25) is 5.78 Å². The Labute approximate surface area is 233 Å². The molecule has 0 aliphatic carbocycles. The van der Waals surface area contributed by atoms with Crippen LogP contribution in [0.4, 0.5) is 5.69 Å². The van der Waals surface area contributed by atoms with Gasteiger partial charge < -0.3 is 18.6 Å². The quantitative estimate of drug-likeness (QED) is 0.0688. The van der Waals surface area contributed by atoms with Crippen LogP contribution in [0.3, 0.4) is 0 Å². The van der Waals surface area contributed by atoms with Crippen molar-refractivity contribution >= 4 is 34.5 Å². The summed E-state index contributed by atoms with van der Waals surface area (Å²) in [7, 11) is 0. The molecule has 0 radical (unpaired) electrons. The Morgan fingerprint density at radius 1 is 0.951 bits per heavy atom. The number of Topliss-reactive ketones (excluding diaryl/α,β-unsaturated/α-hetero) is 1. The SMILES string of the molecule is CCOc1ccc2oc(-c3ccccc3)c(C(=O)Oc3ccc4c(c3)O/C(=C\c3ccc([N+](=O)[O-])cc3)C4=O)c2c1. The maximum atomic E-state index is 13.6. The topological polar surface area (TPSA) is 118 Å². The Kier molecular flexibility index (Phi) is 6.52. The minimum Gasteiger partial charge on any atom is -0.494 e. The van der Waals surface area contributed by atoms with Gasteiger partial charge in [-0.3, -0.25) is 14.9 Å². The number of carbonyl (C=O) groups is 2. The number of carbonyl (C=O) groups excluding carboxylic acids is 2. The molecule has 0 amide bonds. The van der Waals surface area contributed by atoms with E-state index in [9.17, 15) is 19.7 Å². The first-order valence-electron chi connectivity index (χ1n) is 12.7. The molecule has 41 heavy (non-hydrogen) atoms. The van der Waals surface area contributed by atoms with Gasteiger partial charge in [0.25, 0.3) is 5.69 Å². The molecule has 9 heteroatoms. The number of ether oxygens (including phenoxy) is 3. The molecule has 1 aliphatic heterocycles. The third kappa shape index (κ3) is 4.92. The Morgan fingerprint density at radius 2 is 1.71 bits per heavy atom. The molecule has 1 aromatic heterocycles. The summed E-state index contributed by atoms with van der Waals surface area (Å²) in [5.41, 5.74) is 2.25. The van der Waals surface area contributed by atoms with Gasteiger partial charge in [0, 0.05) is 29.1 Å². The highest BCUT2D eigenvalue weighted by atomic mass is 16.6. The van der Waals surface area contributed by atoms with E-state index in [0.717, 1.165) is 0 Å². The fourth-order valence-electron chi connectivity index (χ4n) is 4.56. The molecule has 0 unspecified atom stereocenters. The molecule has 0 N–H and O–H groups in total. The lowest BCUT2D eigenvalue weighted by Gasteiger charge is -2.07. The summed E-state index contributed by atoms with van der Waals surface area (Å²) in [5, 5.41) is 11.4. The van der Waals surface area contributed by atoms with Gasteiger partial charge in [-0.25, -0.2) is 4.79 Å². The van der Waals surface area contributed by atoms with E-state index in [2.05, 4.69) is 0 Å². The zero-order valence-corrected chi connectivity index (χ0v) is 21.7. The third-order valence-corrected chi connectivity index (χ3v) is 6.46. The van der Waals surface area contributed by atoms with Crippen molar-refractivity contribution in [3.05, 3.63) is 124 Å². The number of rotatable bonds is 7. The summed E-state index contributed by atoms with van der Waals surface area (Å²) in [6, 6.07) is 24.7. The van der Waals surface area contributed by atoms with Crippen LogP contribution in [0.25, 0.3) is 28.4 Å². The molecule has 0 fully saturated rings. The van der Waals surface area contributed by atoms with Crippen molar-refractivity contribution in [1.82, 2.24) is 0 Å². The van der Waals surface area contributed by atoms with Crippen LogP contribution in [0, 0.1) is 10.1 Å². The van der Waals surface area contributed by atoms with Crippen LogP contribution < -0.4 is 14.2 Å². The number of hydrogen-bond donors (Lipinski definition) is 0. The predicted octanol–water partition coefficient (Wildman–Crippen LogP) is 7.24. The summed E-state index contributed by atoms with van der Waals surface area (Å²) in [5.74, 6) is 0.397. The highest BCUT2D eigenvalue weighted by Crippen LogP contribution is 2.38. The second kappa shape index (κ2) is 10.5. The smallest absolute Gasteiger partial charge is 0.348 e. The van der Waals surface area contributed by atoms with Crippen LogP contribution in [-0.2, 0) is 0 Å². The monoisotopic (exact) mass is 547 g/mol. The molecule has 2 heterocycles. The average Bonchev–Trinajstić information content (AvgIpc) is 3.51. The van der Waals surface area contributed by atoms with Gasteiger partial charge in [0.1, 0.15) is 34.2 Å². The van der Waals surface area contributed by atoms with Gasteiger partial charge in [0.15, 0.2) is 5.76 Å². The minimum absolute atomic E-state index is 0.0491. The van der Waals surface area contributed by atoms with Gasteiger partial charge in [0.05, 0.1) is 17.1 Å². The van der Waals surface area contributed by atoms with Crippen molar-refractivity contribution < 1.29 is 33.1 Å². The molecule has 5 aromatic rings. The average molecular weight is 548 g/mol. The summed E-state index contributed by atoms with van der Waals surface area (Å²) in [6.45, 7) is 2.33. The first-order valence-corrected chi connectivity index (χ1v) is 12.7. The largest absolute Gasteiger partial charge is 0.494 e. The van der Waals surface area contributed by atoms with E-state index in [1.54, 1.807) is 18.2 Å². The summed E-state index contributed by atoms with van der Waals surface area (Å²) >= 11 is 0. The maximum absolute atomic E-state index is 13.6. The fourth-order valence-corrected chi connectivity index (χ4v) is 4.56. The van der Waals surface area contributed by atoms with Gasteiger partial charge >= 0.3 is 5.97 Å². The number of nitro groups is 1. The van der Waals surface area contributed by atoms with Crippen molar-refractivity contribution in [2.45, 2.75) is 6.92 Å². The second-order valence-electron chi connectivity index (χ2n) is 9.10. The minimum atomic E-state index is -0.651. The molecule has 202 valence electrons. The number of allylic oxidation sites excluding steroid dienone is 1. The van der Waals surface area contributed by atoms with Crippen molar-refractivity contribution in [3.63, 3.8) is 0 Å². The second-order valence-corrected chi connectivity index (χ2v) is 9.10. The van der Waals surface area contributed by atoms with Crippen molar-refractivity contribution in [2.24, 2.45) is 0 Å². The lowest BCUT2D eigenvalue weighted by molar-refractivity contribution is -0.384. The van der Waals surface area contributed by atoms with Crippen LogP contribution in [0.1, 0.15) is 33.2 Å². The first-order chi connectivity index (χ1) is 19.9. The van der Waals surface area contributed by atoms with Crippen molar-refractivity contribution in [1.29, 1.82) is 0 Å². The first kappa shape index (κ1) is 25.6. The van der Waals surface area contributed by atoms with Gasteiger partial charge in [-0.15, -0.1) is 0 Å². The zero-order valence-electron chi connectivity index (χ0n) is 21.7. The number of hydrogen-bond acceptors (Lipinski definition) is 8. The highest BCUT2D eigenvalue weighted by Gasteiger charge is 2.29. The Bertz CT molecular complexity index is 1850. The number of ketones is 1. The molecule has 9 nitrogen and oxygen atoms in total. The van der Waals surface area contributed by atoms with E-state index in [4.69, 9.17) is 18.6 Å². The van der Waals surface area contributed by atoms with Crippen LogP contribution in [0.5, 0.6) is 17.2 Å². The number of non-ortho nitro benzene ring substituents is 1. The van der Waals surface area contributed by atoms with E-state index in [1.807, 2.05) is 37.3 Å². The van der Waals surface area contributed by atoms with Crippen LogP contribution in [-0.4, -0.2) is 23.3 Å². The highest BCUT2D eigenvalue weighted by molar-refractivity contribution is 6.15. The predicted molar refractivity (Wildman–Crippen MR) is 150 cm³/mol. The number of nitro benzene ring substituents is 1. The summed E-state index contributed by atoms with van der Waals surface area (Å²) < 4.78 is 23.3. The Balaban J connectivity index is 1.30. The molecular weight excluding hydrogens is 526 g/mol. The van der Waals surface area contributed by atoms with Crippen molar-refractivity contribution in [3.8, 4) is 28.6 Å². The molecule has 0 saturated carbocycles. The van der Waals surface area contributed by atoms with Crippen LogP contribution in [0.15, 0.2) is 101 Å². The zero-order chi connectivity index (χ0) is 28.5. The molecule has 0 saturated heterocycles. The number of benzene rings is 4. The maximum Gasteiger partial charge on any atom is 0.348 e. The van der Waals surface area contributed by atoms with E-state index in [1.165, 1.54) is 48.5 Å². The normalized spacial score (nSPS) is 13.2. The molecule has 0 atom stereocenters. The number of esters is 1. The third-order valence-electron chi connectivity index (χ3n) is 6.46. The number of nitrogens with zero attached hydrogens (tertiary/aromatic N) is 1. The summed E-state index contributed by atoms with van der Waals surface area (Å²) in [4.78, 5) is 36.9. The summed E-state index contributed by atoms with van der Waals surface area (Å²) in [6.07, 6.45) is 1.50. The lowest BCUT2D eigenvalue weighted by Crippen LogP contribution is -2.09.